The molecule has 2 heterocycles. The van der Waals surface area contributed by atoms with Crippen molar-refractivity contribution < 1.29 is 46.6 Å². The molecule has 1 N–H and O–H groups in total. The molecule has 0 unspecified atom stereocenters. The van der Waals surface area contributed by atoms with Gasteiger partial charge in [-0.15, -0.1) is 0 Å². The Balaban J connectivity index is 1.47. The molecule has 0 atom stereocenters. The van der Waals surface area contributed by atoms with E-state index in [-0.39, 0.29) is 0 Å². The van der Waals surface area contributed by atoms with E-state index in [1.165, 1.54) is 0 Å². The molecule has 270 valence electrons. The monoisotopic (exact) mass is 781 g/mol. The maximum atomic E-state index is 10.2. The summed E-state index contributed by atoms with van der Waals surface area (Å²) >= 11 is 0. The molecule has 0 saturated carbocycles. The Morgan fingerprint density at radius 2 is 0.912 bits per heavy atom. The van der Waals surface area contributed by atoms with Crippen LogP contribution in [0.2, 0.25) is 0 Å². The summed E-state index contributed by atoms with van der Waals surface area (Å²) in [5.74, 6) is -2.78. The lowest BCUT2D eigenvalue weighted by molar-refractivity contribution is 1.21. The van der Waals surface area contributed by atoms with Gasteiger partial charge in [-0.25, -0.2) is 4.99 Å². The smallest absolute Gasteiger partial charge is 0.238 e. The summed E-state index contributed by atoms with van der Waals surface area (Å²) in [4.78, 5) is 8.73. The van der Waals surface area contributed by atoms with Gasteiger partial charge in [-0.2, -0.15) is 4.99 Å². The first-order valence-electron chi connectivity index (χ1n) is 33.4. The zero-order valence-electron chi connectivity index (χ0n) is 62.4. The molecule has 57 heavy (non-hydrogen) atoms. The average Bonchev–Trinajstić information content (AvgIpc) is 1.28. The maximum absolute atomic E-state index is 10.2. The van der Waals surface area contributed by atoms with Crippen LogP contribution in [0.3, 0.4) is 0 Å². The number of para-hydroxylation sites is 4. The Kier molecular flexibility index (Phi) is 3.44. The van der Waals surface area contributed by atoms with Crippen LogP contribution in [0.25, 0.3) is 43.6 Å². The third-order valence-electron chi connectivity index (χ3n) is 8.74. The van der Waals surface area contributed by atoms with E-state index < -0.39 is 295 Å². The summed E-state index contributed by atoms with van der Waals surface area (Å²) in [7, 11) is -6.32. The number of aliphatic imine (C=N–C) groups is 2. The molecule has 5 nitrogen and oxygen atoms in total. The SMILES string of the molecule is [2H]c1cc([Si](c2c([2H])c([2H])c([2H])c([2H])c2[2H])(c2c([2H])c([2H])c([2H])c([2H])c2[2H])c2c([2H])c([2H])c([2H])c(C(=N)N=C(/N=C/n3c4c([2H])c([2H])c([2H])c([2H])c4c4c([2H])c([2H])c([2H])c([2H])c43)n3c4c([2H])c([2H])c([2H])c([2H])c4c4c([2H])c([2H])c([2H])c([2H])c43)c2[2H])c([2H])c([2H])c1[2H]. The molecular weight excluding hydrogens is 711 g/mol. The van der Waals surface area contributed by atoms with Crippen LogP contribution in [-0.2, 0) is 0 Å². The summed E-state index contributed by atoms with van der Waals surface area (Å²) in [6, 6.07) is -36.3. The highest BCUT2D eigenvalue weighted by atomic mass is 28.3. The van der Waals surface area contributed by atoms with Gasteiger partial charge in [0.1, 0.15) is 6.34 Å². The number of rotatable bonds is 6. The molecule has 10 rings (SSSR count). The standard InChI is InChI=1S/C51H37N5Si/c52-50(37-19-18-26-41(35-37)57(38-20-4-1-5-21-38,39-22-6-2-7-23-39)40-24-8-3-9-25-40)54-51(56-48-33-16-12-29-44(48)45-30-13-17-34-49(45)56)53-36-55-46-31-14-10-27-42(46)43-28-11-15-32-47(43)55/h1-36,52H/b52-50?,53-36+,54-51?/i1D,2D,3D,4D,5D,6D,7D,8D,9D,10D,11D,12D,13D,14D,15D,16D,17D,18D,19D,20D,21D,22D,23D,24D,26D,27D,28D,29D,30D,31D,32D,33D,34D,35D. The number of fused-ring (bicyclic) bond motifs is 6. The fourth-order valence-electron chi connectivity index (χ4n) is 6.37. The quantitative estimate of drug-likeness (QED) is 0.0758. The zero-order chi connectivity index (χ0) is 67.8. The summed E-state index contributed by atoms with van der Waals surface area (Å²) < 4.78 is 308. The molecular formula is C51H37N5Si. The summed E-state index contributed by atoms with van der Waals surface area (Å²) in [6.45, 7) is 0. The first-order valence-corrected chi connectivity index (χ1v) is 18.4. The lowest BCUT2D eigenvalue weighted by Gasteiger charge is -2.34. The van der Waals surface area contributed by atoms with Gasteiger partial charge in [0.05, 0.1) is 68.7 Å². The molecule has 0 spiro atoms. The largest absolute Gasteiger partial charge is 0.300 e. The van der Waals surface area contributed by atoms with Crippen molar-refractivity contribution in [3.63, 3.8) is 0 Å². The summed E-state index contributed by atoms with van der Waals surface area (Å²) in [5, 5.41) is 3.14. The highest BCUT2D eigenvalue weighted by Gasteiger charge is 2.41. The molecule has 0 radical (unpaired) electrons. The fourth-order valence-corrected chi connectivity index (χ4v) is 10.0. The number of hydrogen-bond donors (Lipinski definition) is 1. The maximum Gasteiger partial charge on any atom is 0.238 e. The van der Waals surface area contributed by atoms with Crippen LogP contribution in [0.4, 0.5) is 0 Å². The second-order valence-corrected chi connectivity index (χ2v) is 15.2. The van der Waals surface area contributed by atoms with Gasteiger partial charge in [0.2, 0.25) is 5.96 Å². The number of amidine groups is 1. The van der Waals surface area contributed by atoms with Gasteiger partial charge in [-0.3, -0.25) is 14.5 Å². The van der Waals surface area contributed by atoms with Gasteiger partial charge < -0.3 is 0 Å². The molecule has 0 aliphatic rings. The Morgan fingerprint density at radius 3 is 1.47 bits per heavy atom. The molecule has 8 aromatic carbocycles. The van der Waals surface area contributed by atoms with Crippen LogP contribution in [0.5, 0.6) is 0 Å². The number of nitrogens with zero attached hydrogens (tertiary/aromatic N) is 4. The van der Waals surface area contributed by atoms with E-state index in [0.717, 1.165) is 4.57 Å². The molecule has 0 aliphatic carbocycles. The summed E-state index contributed by atoms with van der Waals surface area (Å²) in [6.07, 6.45) is 0.585. The Bertz CT molecular complexity index is 4870. The molecule has 0 fully saturated rings. The zero-order valence-corrected chi connectivity index (χ0v) is 29.4. The van der Waals surface area contributed by atoms with Crippen molar-refractivity contribution in [3.8, 4) is 0 Å². The van der Waals surface area contributed by atoms with Gasteiger partial charge >= 0.3 is 0 Å². The van der Waals surface area contributed by atoms with E-state index in [1.54, 1.807) is 0 Å². The first-order chi connectivity index (χ1) is 42.3. The van der Waals surface area contributed by atoms with Gasteiger partial charge in [-0.1, -0.05) is 187 Å². The van der Waals surface area contributed by atoms with Crippen molar-refractivity contribution in [2.45, 2.75) is 0 Å². The van der Waals surface area contributed by atoms with Crippen LogP contribution >= 0.6 is 0 Å². The molecule has 0 saturated heterocycles. The van der Waals surface area contributed by atoms with E-state index >= 15 is 0 Å². The van der Waals surface area contributed by atoms with E-state index in [4.69, 9.17) is 31.5 Å². The van der Waals surface area contributed by atoms with Gasteiger partial charge in [0.15, 0.2) is 13.9 Å². The second-order valence-electron chi connectivity index (χ2n) is 11.7. The van der Waals surface area contributed by atoms with Crippen molar-refractivity contribution in [1.29, 1.82) is 5.41 Å². The van der Waals surface area contributed by atoms with E-state index in [9.17, 15) is 20.5 Å². The fraction of sp³-hybridized carbons (Fsp3) is 0. The average molecular weight is 782 g/mol. The van der Waals surface area contributed by atoms with Crippen molar-refractivity contribution in [2.24, 2.45) is 9.98 Å². The predicted molar refractivity (Wildman–Crippen MR) is 242 cm³/mol. The van der Waals surface area contributed by atoms with Crippen LogP contribution in [-0.4, -0.2) is 35.3 Å². The first kappa shape index (κ1) is 13.7. The predicted octanol–water partition coefficient (Wildman–Crippen LogP) is 9.09. The van der Waals surface area contributed by atoms with Crippen molar-refractivity contribution in [1.82, 2.24) is 9.13 Å². The number of hydrogen-bond acceptors (Lipinski definition) is 1. The van der Waals surface area contributed by atoms with Crippen LogP contribution in [0.1, 0.15) is 52.2 Å². The summed E-state index contributed by atoms with van der Waals surface area (Å²) in [5.41, 5.74) is -4.10. The number of aromatic nitrogens is 2. The van der Waals surface area contributed by atoms with Gasteiger partial charge in [-0.05, 0) is 44.9 Å². The van der Waals surface area contributed by atoms with Crippen molar-refractivity contribution in [3.05, 3.63) is 217 Å². The minimum atomic E-state index is -6.32. The molecule has 6 heteroatoms. The van der Waals surface area contributed by atoms with E-state index in [1.807, 2.05) is 0 Å². The van der Waals surface area contributed by atoms with E-state index in [2.05, 4.69) is 9.98 Å². The van der Waals surface area contributed by atoms with Crippen LogP contribution in [0.15, 0.2) is 221 Å². The second kappa shape index (κ2) is 14.3. The van der Waals surface area contributed by atoms with Crippen LogP contribution < -0.4 is 20.7 Å². The normalized spacial score (nSPS) is 20.7. The van der Waals surface area contributed by atoms with Gasteiger partial charge in [0, 0.05) is 27.1 Å². The Labute approximate surface area is 379 Å². The molecule has 0 bridgehead atoms. The number of benzene rings is 8. The molecule has 2 aromatic heterocycles. The third-order valence-corrected chi connectivity index (χ3v) is 12.8. The molecule has 0 aliphatic heterocycles. The Hall–Kier alpha value is -7.41. The minimum absolute atomic E-state index is 0.511. The van der Waals surface area contributed by atoms with Crippen molar-refractivity contribution >= 4 is 90.6 Å². The van der Waals surface area contributed by atoms with Gasteiger partial charge in [0.25, 0.3) is 0 Å². The highest BCUT2D eigenvalue weighted by Crippen LogP contribution is 2.30. The minimum Gasteiger partial charge on any atom is -0.300 e. The Morgan fingerprint density at radius 1 is 0.474 bits per heavy atom. The third kappa shape index (κ3) is 5.74. The topological polar surface area (TPSA) is 58.4 Å². The van der Waals surface area contributed by atoms with E-state index in [0.29, 0.717) is 17.0 Å². The van der Waals surface area contributed by atoms with Crippen molar-refractivity contribution in [2.75, 3.05) is 0 Å². The van der Waals surface area contributed by atoms with Crippen LogP contribution in [0, 0.1) is 5.41 Å². The number of nitrogens with one attached hydrogen (secondary N) is 1. The molecule has 0 amide bonds. The lowest BCUT2D eigenvalue weighted by Crippen LogP contribution is -2.74. The highest BCUT2D eigenvalue weighted by molar-refractivity contribution is 7.19. The lowest BCUT2D eigenvalue weighted by atomic mass is 10.2. The molecule has 10 aromatic rings.